The van der Waals surface area contributed by atoms with Crippen molar-refractivity contribution in [1.82, 2.24) is 24.7 Å². The molecule has 1 N–H and O–H groups in total. The van der Waals surface area contributed by atoms with Crippen LogP contribution >= 0.6 is 15.9 Å². The summed E-state index contributed by atoms with van der Waals surface area (Å²) in [4.78, 5) is 10.1. The topological polar surface area (TPSA) is 71.9 Å². The molecular weight excluding hydrogens is 396 g/mol. The summed E-state index contributed by atoms with van der Waals surface area (Å²) < 4.78 is 8.13. The molecule has 0 spiro atoms. The predicted octanol–water partition coefficient (Wildman–Crippen LogP) is 4.13. The first kappa shape index (κ1) is 17.1. The summed E-state index contributed by atoms with van der Waals surface area (Å²) in [5.74, 6) is 3.46. The van der Waals surface area contributed by atoms with E-state index in [-0.39, 0.29) is 0 Å². The number of halogens is 1. The van der Waals surface area contributed by atoms with E-state index in [2.05, 4.69) is 52.5 Å². The normalized spacial score (nSPS) is 12.8. The molecule has 4 rings (SSSR count). The van der Waals surface area contributed by atoms with Gasteiger partial charge in [0.25, 0.3) is 0 Å². The van der Waals surface area contributed by atoms with E-state index in [1.807, 2.05) is 24.3 Å². The summed E-state index contributed by atoms with van der Waals surface area (Å²) in [5.41, 5.74) is 2.08. The maximum Gasteiger partial charge on any atom is 0.233 e. The Morgan fingerprint density at radius 3 is 2.73 bits per heavy atom. The van der Waals surface area contributed by atoms with Crippen LogP contribution in [0.4, 0.5) is 11.8 Å². The van der Waals surface area contributed by atoms with Gasteiger partial charge in [-0.25, -0.2) is 4.98 Å². The summed E-state index contributed by atoms with van der Waals surface area (Å²) in [5, 5.41) is 8.95. The Kier molecular flexibility index (Phi) is 4.67. The van der Waals surface area contributed by atoms with Gasteiger partial charge in [0.2, 0.25) is 5.95 Å². The molecule has 0 amide bonds. The van der Waals surface area contributed by atoms with Crippen molar-refractivity contribution in [2.75, 3.05) is 18.6 Å². The fraction of sp³-hybridized carbons (Fsp3) is 0.389. The Hall–Kier alpha value is -2.35. The number of imidazole rings is 1. The maximum absolute atomic E-state index is 5.25. The molecule has 2 aromatic heterocycles. The lowest BCUT2D eigenvalue weighted by atomic mass is 10.2. The molecule has 1 aliphatic rings. The first-order valence-electron chi connectivity index (χ1n) is 8.80. The molecular formula is C18H21BrN6O. The minimum Gasteiger partial charge on any atom is -0.497 e. The van der Waals surface area contributed by atoms with Gasteiger partial charge in [-0.15, -0.1) is 10.2 Å². The van der Waals surface area contributed by atoms with E-state index in [0.717, 1.165) is 52.3 Å². The summed E-state index contributed by atoms with van der Waals surface area (Å²) in [7, 11) is 1.67. The third-order valence-electron chi connectivity index (χ3n) is 4.61. The van der Waals surface area contributed by atoms with Crippen LogP contribution in [0.3, 0.4) is 0 Å². The molecule has 0 atom stereocenters. The number of hydrogen-bond acceptors (Lipinski definition) is 5. The van der Waals surface area contributed by atoms with Crippen LogP contribution in [0.25, 0.3) is 11.4 Å². The van der Waals surface area contributed by atoms with Crippen molar-refractivity contribution in [3.63, 3.8) is 0 Å². The SMILES string of the molecule is CCCCCN1c2nc(Br)[nH]c2Cn2c(-c3ccc(OC)cc3)nnc21. The molecule has 0 radical (unpaired) electrons. The molecule has 1 aliphatic heterocycles. The van der Waals surface area contributed by atoms with Crippen LogP contribution in [0, 0.1) is 0 Å². The van der Waals surface area contributed by atoms with Crippen LogP contribution < -0.4 is 9.64 Å². The molecule has 8 heteroatoms. The average molecular weight is 417 g/mol. The van der Waals surface area contributed by atoms with Crippen LogP contribution in [0.1, 0.15) is 31.9 Å². The van der Waals surface area contributed by atoms with E-state index in [4.69, 9.17) is 4.74 Å². The highest BCUT2D eigenvalue weighted by Crippen LogP contribution is 2.36. The monoisotopic (exact) mass is 416 g/mol. The molecule has 1 aromatic carbocycles. The van der Waals surface area contributed by atoms with Crippen LogP contribution in [-0.2, 0) is 6.54 Å². The highest BCUT2D eigenvalue weighted by molar-refractivity contribution is 9.10. The van der Waals surface area contributed by atoms with E-state index in [0.29, 0.717) is 6.54 Å². The summed E-state index contributed by atoms with van der Waals surface area (Å²) in [6.07, 6.45) is 3.44. The maximum atomic E-state index is 5.25. The van der Waals surface area contributed by atoms with Gasteiger partial charge in [0.05, 0.1) is 19.3 Å². The van der Waals surface area contributed by atoms with Crippen LogP contribution in [-0.4, -0.2) is 38.4 Å². The van der Waals surface area contributed by atoms with E-state index in [1.54, 1.807) is 7.11 Å². The standard InChI is InChI=1S/C18H21BrN6O/c1-3-4-5-10-24-16-14(20-17(19)21-16)11-25-15(22-23-18(24)25)12-6-8-13(26-2)9-7-12/h6-9H,3-5,10-11H2,1-2H3,(H,20,21). The van der Waals surface area contributed by atoms with E-state index >= 15 is 0 Å². The van der Waals surface area contributed by atoms with Gasteiger partial charge in [0.15, 0.2) is 16.4 Å². The van der Waals surface area contributed by atoms with Crippen molar-refractivity contribution in [1.29, 1.82) is 0 Å². The largest absolute Gasteiger partial charge is 0.497 e. The smallest absolute Gasteiger partial charge is 0.233 e. The fourth-order valence-electron chi connectivity index (χ4n) is 3.27. The van der Waals surface area contributed by atoms with Crippen molar-refractivity contribution in [2.24, 2.45) is 0 Å². The molecule has 0 saturated carbocycles. The number of benzene rings is 1. The lowest BCUT2D eigenvalue weighted by Gasteiger charge is -2.27. The van der Waals surface area contributed by atoms with Gasteiger partial charge in [-0.1, -0.05) is 19.8 Å². The quantitative estimate of drug-likeness (QED) is 0.611. The number of nitrogens with one attached hydrogen (secondary N) is 1. The molecule has 26 heavy (non-hydrogen) atoms. The summed E-state index contributed by atoms with van der Waals surface area (Å²) in [6.45, 7) is 3.75. The zero-order valence-corrected chi connectivity index (χ0v) is 16.5. The van der Waals surface area contributed by atoms with Gasteiger partial charge < -0.3 is 9.72 Å². The number of unbranched alkanes of at least 4 members (excludes halogenated alkanes) is 2. The highest BCUT2D eigenvalue weighted by Gasteiger charge is 2.30. The number of hydrogen-bond donors (Lipinski definition) is 1. The van der Waals surface area contributed by atoms with Crippen LogP contribution in [0.5, 0.6) is 5.75 Å². The van der Waals surface area contributed by atoms with Gasteiger partial charge in [-0.05, 0) is 46.6 Å². The number of H-pyrrole nitrogens is 1. The number of methoxy groups -OCH3 is 1. The Bertz CT molecular complexity index is 901. The number of fused-ring (bicyclic) bond motifs is 2. The van der Waals surface area contributed by atoms with Gasteiger partial charge in [0.1, 0.15) is 5.75 Å². The number of nitrogens with zero attached hydrogens (tertiary/aromatic N) is 5. The van der Waals surface area contributed by atoms with Crippen molar-refractivity contribution in [3.05, 3.63) is 34.7 Å². The van der Waals surface area contributed by atoms with E-state index < -0.39 is 0 Å². The van der Waals surface area contributed by atoms with Crippen molar-refractivity contribution < 1.29 is 4.74 Å². The molecule has 0 fully saturated rings. The molecule has 136 valence electrons. The predicted molar refractivity (Wildman–Crippen MR) is 104 cm³/mol. The molecule has 7 nitrogen and oxygen atoms in total. The minimum absolute atomic E-state index is 0.669. The zero-order valence-electron chi connectivity index (χ0n) is 14.9. The fourth-order valence-corrected chi connectivity index (χ4v) is 3.68. The van der Waals surface area contributed by atoms with Crippen molar-refractivity contribution in [3.8, 4) is 17.1 Å². The average Bonchev–Trinajstić information content (AvgIpc) is 3.24. The second kappa shape index (κ2) is 7.11. The Morgan fingerprint density at radius 2 is 2.00 bits per heavy atom. The second-order valence-corrected chi connectivity index (χ2v) is 7.08. The van der Waals surface area contributed by atoms with E-state index in [1.165, 1.54) is 12.8 Å². The lowest BCUT2D eigenvalue weighted by Crippen LogP contribution is -2.28. The Morgan fingerprint density at radius 1 is 1.19 bits per heavy atom. The van der Waals surface area contributed by atoms with Crippen molar-refractivity contribution >= 4 is 27.7 Å². The zero-order chi connectivity index (χ0) is 18.1. The Balaban J connectivity index is 1.72. The molecule has 3 aromatic rings. The molecule has 0 unspecified atom stereocenters. The van der Waals surface area contributed by atoms with Crippen LogP contribution in [0.15, 0.2) is 29.0 Å². The number of anilines is 2. The molecule has 0 aliphatic carbocycles. The van der Waals surface area contributed by atoms with Crippen molar-refractivity contribution in [2.45, 2.75) is 32.7 Å². The van der Waals surface area contributed by atoms with Gasteiger partial charge in [-0.2, -0.15) is 0 Å². The summed E-state index contributed by atoms with van der Waals surface area (Å²) >= 11 is 3.46. The number of aromatic amines is 1. The summed E-state index contributed by atoms with van der Waals surface area (Å²) in [6, 6.07) is 7.90. The van der Waals surface area contributed by atoms with Gasteiger partial charge >= 0.3 is 0 Å². The number of ether oxygens (including phenoxy) is 1. The highest BCUT2D eigenvalue weighted by atomic mass is 79.9. The van der Waals surface area contributed by atoms with Gasteiger partial charge in [0, 0.05) is 12.1 Å². The number of aromatic nitrogens is 5. The Labute approximate surface area is 160 Å². The van der Waals surface area contributed by atoms with E-state index in [9.17, 15) is 0 Å². The first-order valence-corrected chi connectivity index (χ1v) is 9.60. The molecule has 3 heterocycles. The molecule has 0 bridgehead atoms. The van der Waals surface area contributed by atoms with Crippen LogP contribution in [0.2, 0.25) is 0 Å². The second-order valence-electron chi connectivity index (χ2n) is 6.33. The van der Waals surface area contributed by atoms with Gasteiger partial charge in [-0.3, -0.25) is 9.47 Å². The third kappa shape index (κ3) is 2.98. The minimum atomic E-state index is 0.669. The third-order valence-corrected chi connectivity index (χ3v) is 4.98. The number of rotatable bonds is 6. The lowest BCUT2D eigenvalue weighted by molar-refractivity contribution is 0.415. The molecule has 0 saturated heterocycles. The first-order chi connectivity index (χ1) is 12.7.